The molecule has 65 heavy (non-hydrogen) atoms. The summed E-state index contributed by atoms with van der Waals surface area (Å²) in [6.07, 6.45) is 0. The molecule has 4 heterocycles. The molecular weight excluding hydrogens is 845 g/mol. The van der Waals surface area contributed by atoms with E-state index in [0.717, 1.165) is 11.4 Å². The summed E-state index contributed by atoms with van der Waals surface area (Å²) in [4.78, 5) is 2.47. The number of benzene rings is 10. The maximum absolute atomic E-state index is 2.47. The van der Waals surface area contributed by atoms with E-state index in [9.17, 15) is 0 Å². The lowest BCUT2D eigenvalue weighted by molar-refractivity contribution is 1.18. The maximum atomic E-state index is 2.47. The Balaban J connectivity index is 0.961. The molecule has 0 bridgehead atoms. The monoisotopic (exact) mass is 880 g/mol. The fraction of sp³-hybridized carbons (Fsp3) is 0. The van der Waals surface area contributed by atoms with E-state index in [1.165, 1.54) is 116 Å². The van der Waals surface area contributed by atoms with Gasteiger partial charge in [0.25, 0.3) is 0 Å². The molecule has 0 aliphatic rings. The van der Waals surface area contributed by atoms with E-state index in [-0.39, 0.29) is 0 Å². The molecule has 0 radical (unpaired) electrons. The first-order chi connectivity index (χ1) is 32.2. The van der Waals surface area contributed by atoms with E-state index >= 15 is 0 Å². The number of thiophene rings is 3. The number of nitrogens with zero attached hydrogens (tertiary/aromatic N) is 2. The van der Waals surface area contributed by atoms with Crippen LogP contribution in [0.5, 0.6) is 0 Å². The highest BCUT2D eigenvalue weighted by Crippen LogP contribution is 2.49. The largest absolute Gasteiger partial charge is 0.309 e. The highest BCUT2D eigenvalue weighted by molar-refractivity contribution is 7.27. The van der Waals surface area contributed by atoms with E-state index in [2.05, 4.69) is 228 Å². The zero-order valence-electron chi connectivity index (χ0n) is 34.9. The number of rotatable bonds is 6. The van der Waals surface area contributed by atoms with Gasteiger partial charge in [-0.2, -0.15) is 0 Å². The first-order valence-electron chi connectivity index (χ1n) is 22.0. The second kappa shape index (κ2) is 14.5. The molecule has 10 aromatic carbocycles. The van der Waals surface area contributed by atoms with Crippen LogP contribution in [0.3, 0.4) is 0 Å². The molecule has 0 unspecified atom stereocenters. The molecule has 0 fully saturated rings. The second-order valence-electron chi connectivity index (χ2n) is 16.8. The third-order valence-corrected chi connectivity index (χ3v) is 16.9. The maximum Gasteiger partial charge on any atom is 0.0640 e. The topological polar surface area (TPSA) is 8.17 Å². The van der Waals surface area contributed by atoms with Gasteiger partial charge in [-0.05, 0) is 89.0 Å². The van der Waals surface area contributed by atoms with E-state index in [4.69, 9.17) is 0 Å². The molecule has 0 atom stereocenters. The van der Waals surface area contributed by atoms with Gasteiger partial charge in [0.15, 0.2) is 0 Å². The minimum Gasteiger partial charge on any atom is -0.309 e. The van der Waals surface area contributed by atoms with Gasteiger partial charge in [0.2, 0.25) is 0 Å². The molecule has 0 aliphatic carbocycles. The third-order valence-electron chi connectivity index (χ3n) is 13.2. The van der Waals surface area contributed by atoms with Crippen molar-refractivity contribution in [1.29, 1.82) is 0 Å². The van der Waals surface area contributed by atoms with Crippen LogP contribution in [-0.2, 0) is 0 Å². The molecular formula is C60H36N2S3. The van der Waals surface area contributed by atoms with Crippen molar-refractivity contribution in [2.24, 2.45) is 0 Å². The van der Waals surface area contributed by atoms with Crippen LogP contribution in [0, 0.1) is 0 Å². The molecule has 5 heteroatoms. The Kier molecular flexibility index (Phi) is 8.23. The summed E-state index contributed by atoms with van der Waals surface area (Å²) in [6, 6.07) is 80.6. The minimum atomic E-state index is 1.12. The number of fused-ring (bicyclic) bond motifs is 13. The third kappa shape index (κ3) is 5.63. The van der Waals surface area contributed by atoms with Crippen molar-refractivity contribution in [3.8, 4) is 27.9 Å². The first-order valence-corrected chi connectivity index (χ1v) is 24.4. The van der Waals surface area contributed by atoms with E-state index in [1.807, 2.05) is 34.0 Å². The molecule has 0 N–H and O–H groups in total. The standard InChI is InChI=1S/C60H36N2S3/c1-2-13-39(14-3-1)62-51-23-7-4-17-50(51)56-52(62)36-35-49-48-22-12-24-53(59(48)65-60(49)56)61(40-31-27-37(28-32-40)42-18-10-20-46-44-15-5-8-25-54(44)63-57(42)46)41-33-29-38(30-34-41)43-19-11-21-47-45-16-6-9-26-55(45)64-58(43)47/h1-36H. The van der Waals surface area contributed by atoms with Crippen molar-refractivity contribution >= 4 is 133 Å². The van der Waals surface area contributed by atoms with Gasteiger partial charge in [0.05, 0.1) is 21.4 Å². The number of hydrogen-bond donors (Lipinski definition) is 0. The van der Waals surface area contributed by atoms with Gasteiger partial charge in [-0.15, -0.1) is 34.0 Å². The van der Waals surface area contributed by atoms with E-state index in [0.29, 0.717) is 0 Å². The fourth-order valence-corrected chi connectivity index (χ4v) is 14.1. The number of anilines is 3. The van der Waals surface area contributed by atoms with E-state index < -0.39 is 0 Å². The van der Waals surface area contributed by atoms with Crippen LogP contribution in [0.2, 0.25) is 0 Å². The number of hydrogen-bond acceptors (Lipinski definition) is 4. The Morgan fingerprint density at radius 1 is 0.308 bits per heavy atom. The molecule has 0 aliphatic heterocycles. The van der Waals surface area contributed by atoms with Crippen molar-refractivity contribution in [3.05, 3.63) is 218 Å². The van der Waals surface area contributed by atoms with Gasteiger partial charge >= 0.3 is 0 Å². The summed E-state index contributed by atoms with van der Waals surface area (Å²) >= 11 is 5.68. The number of para-hydroxylation sites is 2. The molecule has 0 amide bonds. The van der Waals surface area contributed by atoms with Gasteiger partial charge in [0.1, 0.15) is 0 Å². The average Bonchev–Trinajstić information content (AvgIpc) is 4.14. The van der Waals surface area contributed by atoms with Gasteiger partial charge in [-0.3, -0.25) is 0 Å². The van der Waals surface area contributed by atoms with Crippen molar-refractivity contribution in [3.63, 3.8) is 0 Å². The molecule has 14 aromatic rings. The zero-order chi connectivity index (χ0) is 42.6. The SMILES string of the molecule is c1ccc(-n2c3ccccc3c3c4sc5c(N(c6ccc(-c7cccc8c7sc7ccccc78)cc6)c6ccc(-c7cccc8c7sc7ccccc78)cc6)cccc5c4ccc32)cc1. The summed E-state index contributed by atoms with van der Waals surface area (Å²) in [5, 5.41) is 10.4. The quantitative estimate of drug-likeness (QED) is 0.162. The first kappa shape index (κ1) is 36.9. The van der Waals surface area contributed by atoms with Crippen molar-refractivity contribution < 1.29 is 0 Å². The summed E-state index contributed by atoms with van der Waals surface area (Å²) < 4.78 is 10.3. The zero-order valence-corrected chi connectivity index (χ0v) is 37.4. The normalized spacial score (nSPS) is 12.0. The van der Waals surface area contributed by atoms with Crippen LogP contribution in [0.4, 0.5) is 17.1 Å². The molecule has 14 rings (SSSR count). The van der Waals surface area contributed by atoms with Crippen molar-refractivity contribution in [1.82, 2.24) is 4.57 Å². The smallest absolute Gasteiger partial charge is 0.0640 e. The lowest BCUT2D eigenvalue weighted by Crippen LogP contribution is -2.10. The Hall–Kier alpha value is -7.54. The molecule has 0 saturated heterocycles. The van der Waals surface area contributed by atoms with Gasteiger partial charge in [-0.1, -0.05) is 152 Å². The van der Waals surface area contributed by atoms with Crippen molar-refractivity contribution in [2.75, 3.05) is 4.90 Å². The molecule has 4 aromatic heterocycles. The molecule has 2 nitrogen and oxygen atoms in total. The Bertz CT molecular complexity index is 4010. The van der Waals surface area contributed by atoms with Crippen LogP contribution >= 0.6 is 34.0 Å². The van der Waals surface area contributed by atoms with Crippen molar-refractivity contribution in [2.45, 2.75) is 0 Å². The second-order valence-corrected chi connectivity index (χ2v) is 19.9. The highest BCUT2D eigenvalue weighted by atomic mass is 32.1. The minimum absolute atomic E-state index is 1.12. The van der Waals surface area contributed by atoms with Crippen LogP contribution in [0.25, 0.3) is 110 Å². The summed E-state index contributed by atoms with van der Waals surface area (Å²) in [5.41, 5.74) is 12.0. The summed E-state index contributed by atoms with van der Waals surface area (Å²) in [5.74, 6) is 0. The van der Waals surface area contributed by atoms with Crippen LogP contribution in [-0.4, -0.2) is 4.57 Å². The Labute approximate surface area is 386 Å². The molecule has 304 valence electrons. The molecule has 0 saturated carbocycles. The van der Waals surface area contributed by atoms with Crippen LogP contribution in [0.1, 0.15) is 0 Å². The summed E-state index contributed by atoms with van der Waals surface area (Å²) in [6.45, 7) is 0. The highest BCUT2D eigenvalue weighted by Gasteiger charge is 2.22. The van der Waals surface area contributed by atoms with Crippen LogP contribution < -0.4 is 4.90 Å². The molecule has 0 spiro atoms. The van der Waals surface area contributed by atoms with Gasteiger partial charge < -0.3 is 9.47 Å². The number of aromatic nitrogens is 1. The van der Waals surface area contributed by atoms with Gasteiger partial charge in [0, 0.05) is 83.7 Å². The van der Waals surface area contributed by atoms with Gasteiger partial charge in [-0.25, -0.2) is 0 Å². The Morgan fingerprint density at radius 3 is 1.42 bits per heavy atom. The predicted octanol–water partition coefficient (Wildman–Crippen LogP) is 18.7. The lowest BCUT2D eigenvalue weighted by Gasteiger charge is -2.26. The van der Waals surface area contributed by atoms with E-state index in [1.54, 1.807) is 0 Å². The Morgan fingerprint density at radius 2 is 0.800 bits per heavy atom. The van der Waals surface area contributed by atoms with Crippen LogP contribution in [0.15, 0.2) is 218 Å². The average molecular weight is 881 g/mol. The fourth-order valence-electron chi connectivity index (χ4n) is 10.3. The predicted molar refractivity (Wildman–Crippen MR) is 285 cm³/mol. The lowest BCUT2D eigenvalue weighted by atomic mass is 10.0. The summed E-state index contributed by atoms with van der Waals surface area (Å²) in [7, 11) is 0.